The number of carbonyl (C=O) groups is 1. The number of rotatable bonds is 11. The molecule has 0 bridgehead atoms. The highest BCUT2D eigenvalue weighted by Crippen LogP contribution is 2.21. The molecule has 0 saturated carbocycles. The van der Waals surface area contributed by atoms with Gasteiger partial charge in [-0.15, -0.1) is 0 Å². The highest BCUT2D eigenvalue weighted by atomic mass is 32.2. The Bertz CT molecular complexity index is 1010. The second-order valence-electron chi connectivity index (χ2n) is 7.78. The molecule has 0 spiro atoms. The zero-order valence-electron chi connectivity index (χ0n) is 17.8. The first-order valence-corrected chi connectivity index (χ1v) is 11.4. The van der Waals surface area contributed by atoms with Gasteiger partial charge in [0.05, 0.1) is 22.0 Å². The van der Waals surface area contributed by atoms with Gasteiger partial charge in [0.25, 0.3) is 5.69 Å². The number of aliphatic hydroxyl groups excluding tert-OH is 1. The third kappa shape index (κ3) is 7.01. The van der Waals surface area contributed by atoms with Gasteiger partial charge in [-0.3, -0.25) is 10.1 Å². The highest BCUT2D eigenvalue weighted by Gasteiger charge is 2.31. The minimum atomic E-state index is -4.09. The van der Waals surface area contributed by atoms with Crippen LogP contribution in [0.2, 0.25) is 0 Å². The third-order valence-electron chi connectivity index (χ3n) is 4.72. The fraction of sp³-hybridized carbons (Fsp3) is 0.381. The van der Waals surface area contributed by atoms with Gasteiger partial charge >= 0.3 is 6.09 Å². The lowest BCUT2D eigenvalue weighted by atomic mass is 10.0. The summed E-state index contributed by atoms with van der Waals surface area (Å²) in [5, 5.41) is 33.1. The number of carboxylic acid groups (broad SMARTS) is 1. The number of aliphatic hydroxyl groups is 1. The Kier molecular flexibility index (Phi) is 8.70. The number of nitro benzene ring substituents is 1. The Labute approximate surface area is 186 Å². The molecule has 0 radical (unpaired) electrons. The summed E-state index contributed by atoms with van der Waals surface area (Å²) in [5.41, 5.74) is 0.534. The van der Waals surface area contributed by atoms with Crippen LogP contribution in [-0.4, -0.2) is 59.2 Å². The molecule has 0 aliphatic carbocycles. The number of amides is 1. The molecule has 3 N–H and O–H groups in total. The number of nitro groups is 1. The zero-order valence-corrected chi connectivity index (χ0v) is 18.6. The van der Waals surface area contributed by atoms with E-state index in [0.29, 0.717) is 0 Å². The van der Waals surface area contributed by atoms with Crippen molar-refractivity contribution in [2.75, 3.05) is 13.1 Å². The largest absolute Gasteiger partial charge is 0.465 e. The van der Waals surface area contributed by atoms with Gasteiger partial charge in [0.2, 0.25) is 10.0 Å². The predicted molar refractivity (Wildman–Crippen MR) is 118 cm³/mol. The average molecular weight is 466 g/mol. The van der Waals surface area contributed by atoms with E-state index in [2.05, 4.69) is 5.32 Å². The Balaban J connectivity index is 2.29. The van der Waals surface area contributed by atoms with Crippen LogP contribution in [0.1, 0.15) is 19.4 Å². The second kappa shape index (κ2) is 11.0. The summed E-state index contributed by atoms with van der Waals surface area (Å²) >= 11 is 0. The van der Waals surface area contributed by atoms with Crippen molar-refractivity contribution in [3.8, 4) is 0 Å². The zero-order chi connectivity index (χ0) is 23.9. The maximum Gasteiger partial charge on any atom is 0.404 e. The monoisotopic (exact) mass is 465 g/mol. The Morgan fingerprint density at radius 1 is 1.09 bits per heavy atom. The molecule has 1 amide bonds. The summed E-state index contributed by atoms with van der Waals surface area (Å²) in [5.74, 6) is -0.0879. The van der Waals surface area contributed by atoms with Crippen LogP contribution in [0.5, 0.6) is 0 Å². The van der Waals surface area contributed by atoms with E-state index in [9.17, 15) is 33.5 Å². The van der Waals surface area contributed by atoms with Gasteiger partial charge in [-0.05, 0) is 30.0 Å². The van der Waals surface area contributed by atoms with E-state index < -0.39 is 33.2 Å². The van der Waals surface area contributed by atoms with E-state index in [1.807, 2.05) is 13.8 Å². The molecule has 2 aromatic carbocycles. The number of sulfonamides is 1. The van der Waals surface area contributed by atoms with Crippen molar-refractivity contribution in [3.63, 3.8) is 0 Å². The van der Waals surface area contributed by atoms with Gasteiger partial charge in [-0.1, -0.05) is 44.2 Å². The van der Waals surface area contributed by atoms with E-state index >= 15 is 0 Å². The fourth-order valence-corrected chi connectivity index (χ4v) is 4.83. The van der Waals surface area contributed by atoms with Crippen LogP contribution in [0.25, 0.3) is 0 Å². The van der Waals surface area contributed by atoms with Gasteiger partial charge in [-0.25, -0.2) is 13.2 Å². The highest BCUT2D eigenvalue weighted by molar-refractivity contribution is 7.89. The summed E-state index contributed by atoms with van der Waals surface area (Å²) in [6, 6.07) is 12.5. The van der Waals surface area contributed by atoms with Gasteiger partial charge in [0.1, 0.15) is 0 Å². The van der Waals surface area contributed by atoms with Crippen molar-refractivity contribution in [1.82, 2.24) is 9.62 Å². The molecular formula is C21H27N3O7S. The standard InChI is InChI=1S/C21H27N3O7S/c1-15(2)13-23(32(30,31)18-10-8-17(9-11-18)24(28)29)14-20(25)19(22-21(26)27)12-16-6-4-3-5-7-16/h3-11,15,19-20,22,25H,12-14H2,1-2H3,(H,26,27)/t19-,20+/m0/s1. The van der Waals surface area contributed by atoms with Crippen LogP contribution in [0, 0.1) is 16.0 Å². The van der Waals surface area contributed by atoms with Crippen LogP contribution >= 0.6 is 0 Å². The SMILES string of the molecule is CC(C)CN(C[C@@H](O)[C@H](Cc1ccccc1)NC(=O)O)S(=O)(=O)c1ccc([N+](=O)[O-])cc1. The molecule has 2 atom stereocenters. The molecule has 0 aliphatic rings. The van der Waals surface area contributed by atoms with Gasteiger partial charge in [-0.2, -0.15) is 4.31 Å². The predicted octanol–water partition coefficient (Wildman–Crippen LogP) is 2.48. The van der Waals surface area contributed by atoms with E-state index in [4.69, 9.17) is 0 Å². The van der Waals surface area contributed by atoms with Crippen molar-refractivity contribution in [2.24, 2.45) is 5.92 Å². The van der Waals surface area contributed by atoms with Crippen molar-refractivity contribution < 1.29 is 28.3 Å². The Hall–Kier alpha value is -3.02. The van der Waals surface area contributed by atoms with Crippen LogP contribution < -0.4 is 5.32 Å². The summed E-state index contributed by atoms with van der Waals surface area (Å²) in [6.45, 7) is 3.33. The van der Waals surface area contributed by atoms with Crippen LogP contribution in [0.3, 0.4) is 0 Å². The number of nitrogens with zero attached hydrogens (tertiary/aromatic N) is 2. The maximum absolute atomic E-state index is 13.2. The number of non-ortho nitro benzene ring substituents is 1. The van der Waals surface area contributed by atoms with Crippen molar-refractivity contribution >= 4 is 21.8 Å². The van der Waals surface area contributed by atoms with E-state index in [-0.39, 0.29) is 36.0 Å². The number of benzene rings is 2. The molecule has 2 rings (SSSR count). The summed E-state index contributed by atoms with van der Waals surface area (Å²) in [4.78, 5) is 21.3. The molecule has 0 aliphatic heterocycles. The van der Waals surface area contributed by atoms with Crippen LogP contribution in [-0.2, 0) is 16.4 Å². The second-order valence-corrected chi connectivity index (χ2v) is 9.72. The summed E-state index contributed by atoms with van der Waals surface area (Å²) < 4.78 is 27.5. The van der Waals surface area contributed by atoms with Gasteiger partial charge < -0.3 is 15.5 Å². The number of hydrogen-bond donors (Lipinski definition) is 3. The lowest BCUT2D eigenvalue weighted by molar-refractivity contribution is -0.384. The average Bonchev–Trinajstić information content (AvgIpc) is 2.73. The van der Waals surface area contributed by atoms with Crippen molar-refractivity contribution in [2.45, 2.75) is 37.3 Å². The van der Waals surface area contributed by atoms with Gasteiger partial charge in [0, 0.05) is 25.2 Å². The quantitative estimate of drug-likeness (QED) is 0.341. The first-order chi connectivity index (χ1) is 15.0. The Morgan fingerprint density at radius 3 is 2.19 bits per heavy atom. The molecule has 0 saturated heterocycles. The van der Waals surface area contributed by atoms with E-state index in [0.717, 1.165) is 34.1 Å². The Morgan fingerprint density at radius 2 is 1.69 bits per heavy atom. The minimum absolute atomic E-state index is 0.0709. The van der Waals surface area contributed by atoms with Crippen molar-refractivity contribution in [3.05, 3.63) is 70.3 Å². The maximum atomic E-state index is 13.2. The van der Waals surface area contributed by atoms with E-state index in [1.165, 1.54) is 0 Å². The lowest BCUT2D eigenvalue weighted by Crippen LogP contribution is -2.50. The molecule has 174 valence electrons. The lowest BCUT2D eigenvalue weighted by Gasteiger charge is -2.30. The number of nitrogens with one attached hydrogen (secondary N) is 1. The molecule has 0 heterocycles. The molecule has 11 heteroatoms. The van der Waals surface area contributed by atoms with Crippen LogP contribution in [0.4, 0.5) is 10.5 Å². The molecule has 32 heavy (non-hydrogen) atoms. The molecule has 10 nitrogen and oxygen atoms in total. The first kappa shape index (κ1) is 25.2. The first-order valence-electron chi connectivity index (χ1n) is 9.96. The van der Waals surface area contributed by atoms with E-state index in [1.54, 1.807) is 30.3 Å². The summed E-state index contributed by atoms with van der Waals surface area (Å²) in [6.07, 6.45) is -2.50. The van der Waals surface area contributed by atoms with Gasteiger partial charge in [0.15, 0.2) is 0 Å². The normalized spacial score (nSPS) is 13.7. The molecule has 0 fully saturated rings. The summed E-state index contributed by atoms with van der Waals surface area (Å²) in [7, 11) is -4.09. The molecule has 2 aromatic rings. The molecule has 0 unspecified atom stereocenters. The third-order valence-corrected chi connectivity index (χ3v) is 6.56. The smallest absolute Gasteiger partial charge is 0.404 e. The van der Waals surface area contributed by atoms with Crippen LogP contribution in [0.15, 0.2) is 59.5 Å². The molecular weight excluding hydrogens is 438 g/mol. The minimum Gasteiger partial charge on any atom is -0.465 e. The topological polar surface area (TPSA) is 150 Å². The van der Waals surface area contributed by atoms with Crippen molar-refractivity contribution in [1.29, 1.82) is 0 Å². The number of hydrogen-bond acceptors (Lipinski definition) is 6. The molecule has 0 aromatic heterocycles. The fourth-order valence-electron chi connectivity index (χ4n) is 3.21.